The van der Waals surface area contributed by atoms with Crippen molar-refractivity contribution in [3.05, 3.63) is 58.5 Å². The molecule has 2 aliphatic rings. The van der Waals surface area contributed by atoms with Gasteiger partial charge in [0.15, 0.2) is 17.3 Å². The van der Waals surface area contributed by atoms with Crippen LogP contribution in [0.2, 0.25) is 0 Å². The molecule has 0 aromatic heterocycles. The van der Waals surface area contributed by atoms with Crippen LogP contribution in [0.3, 0.4) is 0 Å². The van der Waals surface area contributed by atoms with Gasteiger partial charge in [0.25, 0.3) is 11.1 Å². The third kappa shape index (κ3) is 6.02. The molecular weight excluding hydrogens is 472 g/mol. The van der Waals surface area contributed by atoms with Crippen molar-refractivity contribution in [2.75, 3.05) is 27.0 Å². The van der Waals surface area contributed by atoms with E-state index in [4.69, 9.17) is 14.2 Å². The van der Waals surface area contributed by atoms with E-state index in [0.717, 1.165) is 22.2 Å². The number of nitrogens with one attached hydrogen (secondary N) is 1. The summed E-state index contributed by atoms with van der Waals surface area (Å²) in [6.45, 7) is 0.361. The number of hydrogen-bond donors (Lipinski definition) is 1. The van der Waals surface area contributed by atoms with Gasteiger partial charge in [-0.3, -0.25) is 24.1 Å². The molecule has 9 nitrogen and oxygen atoms in total. The highest BCUT2D eigenvalue weighted by Gasteiger charge is 2.34. The second-order valence-electron chi connectivity index (χ2n) is 7.80. The highest BCUT2D eigenvalue weighted by molar-refractivity contribution is 8.18. The second kappa shape index (κ2) is 11.1. The number of carbonyl (C=O) groups is 4. The van der Waals surface area contributed by atoms with E-state index in [1.54, 1.807) is 55.7 Å². The van der Waals surface area contributed by atoms with E-state index in [0.29, 0.717) is 34.1 Å². The van der Waals surface area contributed by atoms with E-state index in [1.807, 2.05) is 0 Å². The standard InChI is InChI=1S/C25H24N2O7S/c1-32-18-8-6-17(7-9-18)19(28)3-2-4-23(29)26-11-12-27-24(30)22(35-25(27)31)14-16-5-10-20-21(13-16)34-15-33-20/h5-10,13-14H,2-4,11-12,15H2,1H3,(H,26,29)/b22-14+. The van der Waals surface area contributed by atoms with Crippen LogP contribution < -0.4 is 19.5 Å². The van der Waals surface area contributed by atoms with Gasteiger partial charge in [-0.25, -0.2) is 0 Å². The Morgan fingerprint density at radius 3 is 2.63 bits per heavy atom. The van der Waals surface area contributed by atoms with Gasteiger partial charge in [-0.1, -0.05) is 6.07 Å². The minimum atomic E-state index is -0.406. The highest BCUT2D eigenvalue weighted by atomic mass is 32.2. The van der Waals surface area contributed by atoms with E-state index in [-0.39, 0.29) is 49.7 Å². The normalized spacial score (nSPS) is 15.6. The molecule has 1 N–H and O–H groups in total. The number of Topliss-reactive ketones (excluding diaryl/α,β-unsaturated/α-hetero) is 1. The molecular formula is C25H24N2O7S. The molecule has 3 amide bonds. The minimum Gasteiger partial charge on any atom is -0.497 e. The zero-order valence-electron chi connectivity index (χ0n) is 19.1. The van der Waals surface area contributed by atoms with Gasteiger partial charge in [0.2, 0.25) is 12.7 Å². The summed E-state index contributed by atoms with van der Waals surface area (Å²) in [7, 11) is 1.56. The van der Waals surface area contributed by atoms with Crippen LogP contribution in [-0.4, -0.2) is 54.7 Å². The fourth-order valence-corrected chi connectivity index (χ4v) is 4.44. The molecule has 0 saturated carbocycles. The molecule has 2 aliphatic heterocycles. The summed E-state index contributed by atoms with van der Waals surface area (Å²) in [4.78, 5) is 50.7. The van der Waals surface area contributed by atoms with Gasteiger partial charge in [0.1, 0.15) is 5.75 Å². The monoisotopic (exact) mass is 496 g/mol. The van der Waals surface area contributed by atoms with Crippen LogP contribution >= 0.6 is 11.8 Å². The molecule has 0 spiro atoms. The SMILES string of the molecule is COc1ccc(C(=O)CCCC(=O)NCCN2C(=O)S/C(=C/c3ccc4c(c3)OCO4)C2=O)cc1. The molecule has 10 heteroatoms. The van der Waals surface area contributed by atoms with Gasteiger partial charge < -0.3 is 19.5 Å². The molecule has 2 aromatic carbocycles. The van der Waals surface area contributed by atoms with Gasteiger partial charge in [-0.2, -0.15) is 0 Å². The van der Waals surface area contributed by atoms with Gasteiger partial charge in [-0.05, 0) is 66.2 Å². The topological polar surface area (TPSA) is 111 Å². The Morgan fingerprint density at radius 2 is 1.86 bits per heavy atom. The number of hydrogen-bond acceptors (Lipinski definition) is 8. The molecule has 35 heavy (non-hydrogen) atoms. The zero-order chi connectivity index (χ0) is 24.8. The number of amides is 3. The number of nitrogens with zero attached hydrogens (tertiary/aromatic N) is 1. The molecule has 2 aromatic rings. The van der Waals surface area contributed by atoms with Gasteiger partial charge in [-0.15, -0.1) is 0 Å². The lowest BCUT2D eigenvalue weighted by Gasteiger charge is -2.13. The lowest BCUT2D eigenvalue weighted by atomic mass is 10.1. The first-order valence-electron chi connectivity index (χ1n) is 11.0. The van der Waals surface area contributed by atoms with Crippen molar-refractivity contribution in [1.29, 1.82) is 0 Å². The maximum atomic E-state index is 12.7. The number of benzene rings is 2. The fraction of sp³-hybridized carbons (Fsp3) is 0.280. The first-order chi connectivity index (χ1) is 16.9. The largest absolute Gasteiger partial charge is 0.497 e. The number of thioether (sulfide) groups is 1. The van der Waals surface area contributed by atoms with Crippen molar-refractivity contribution in [3.8, 4) is 17.2 Å². The lowest BCUT2D eigenvalue weighted by Crippen LogP contribution is -2.37. The van der Waals surface area contributed by atoms with Crippen LogP contribution in [0.15, 0.2) is 47.4 Å². The smallest absolute Gasteiger partial charge is 0.293 e. The Balaban J connectivity index is 1.20. The van der Waals surface area contributed by atoms with E-state index in [2.05, 4.69) is 5.32 Å². The molecule has 0 bridgehead atoms. The number of carbonyl (C=O) groups excluding carboxylic acids is 4. The Morgan fingerprint density at radius 1 is 1.09 bits per heavy atom. The Labute approximate surface area is 206 Å². The quantitative estimate of drug-likeness (QED) is 0.392. The van der Waals surface area contributed by atoms with Crippen LogP contribution in [0.5, 0.6) is 17.2 Å². The fourth-order valence-electron chi connectivity index (χ4n) is 3.57. The molecule has 1 fully saturated rings. The van der Waals surface area contributed by atoms with E-state index in [9.17, 15) is 19.2 Å². The molecule has 0 aliphatic carbocycles. The van der Waals surface area contributed by atoms with Gasteiger partial charge >= 0.3 is 0 Å². The van der Waals surface area contributed by atoms with Gasteiger partial charge in [0.05, 0.1) is 12.0 Å². The number of ether oxygens (including phenoxy) is 3. The van der Waals surface area contributed by atoms with Crippen LogP contribution in [0.4, 0.5) is 4.79 Å². The number of methoxy groups -OCH3 is 1. The van der Waals surface area contributed by atoms with Crippen LogP contribution in [0.25, 0.3) is 6.08 Å². The molecule has 0 radical (unpaired) electrons. The maximum absolute atomic E-state index is 12.7. The first-order valence-corrected chi connectivity index (χ1v) is 11.9. The summed E-state index contributed by atoms with van der Waals surface area (Å²) in [5, 5.41) is 2.31. The Bertz CT molecular complexity index is 1180. The number of imide groups is 1. The summed E-state index contributed by atoms with van der Waals surface area (Å²) in [6.07, 6.45) is 2.45. The Hall–Kier alpha value is -3.79. The number of rotatable bonds is 10. The van der Waals surface area contributed by atoms with E-state index in [1.165, 1.54) is 0 Å². The second-order valence-corrected chi connectivity index (χ2v) is 8.79. The van der Waals surface area contributed by atoms with Crippen molar-refractivity contribution < 1.29 is 33.4 Å². The van der Waals surface area contributed by atoms with Crippen molar-refractivity contribution in [3.63, 3.8) is 0 Å². The summed E-state index contributed by atoms with van der Waals surface area (Å²) >= 11 is 0.854. The molecule has 4 rings (SSSR count). The summed E-state index contributed by atoms with van der Waals surface area (Å²) in [5.41, 5.74) is 1.29. The first kappa shape index (κ1) is 24.3. The summed E-state index contributed by atoms with van der Waals surface area (Å²) in [5.74, 6) is 1.20. The molecule has 182 valence electrons. The highest BCUT2D eigenvalue weighted by Crippen LogP contribution is 2.36. The number of ketones is 1. The van der Waals surface area contributed by atoms with Crippen molar-refractivity contribution in [2.45, 2.75) is 19.3 Å². The van der Waals surface area contributed by atoms with E-state index < -0.39 is 5.91 Å². The summed E-state index contributed by atoms with van der Waals surface area (Å²) in [6, 6.07) is 12.1. The van der Waals surface area contributed by atoms with E-state index >= 15 is 0 Å². The molecule has 0 unspecified atom stereocenters. The third-order valence-corrected chi connectivity index (χ3v) is 6.35. The zero-order valence-corrected chi connectivity index (χ0v) is 19.9. The Kier molecular flexibility index (Phi) is 7.71. The minimum absolute atomic E-state index is 0.0486. The van der Waals surface area contributed by atoms with Crippen LogP contribution in [-0.2, 0) is 9.59 Å². The van der Waals surface area contributed by atoms with Crippen molar-refractivity contribution >= 4 is 40.7 Å². The predicted octanol–water partition coefficient (Wildman–Crippen LogP) is 3.63. The third-order valence-electron chi connectivity index (χ3n) is 5.45. The van der Waals surface area contributed by atoms with Crippen molar-refractivity contribution in [1.82, 2.24) is 10.2 Å². The number of fused-ring (bicyclic) bond motifs is 1. The maximum Gasteiger partial charge on any atom is 0.293 e. The predicted molar refractivity (Wildman–Crippen MR) is 129 cm³/mol. The lowest BCUT2D eigenvalue weighted by molar-refractivity contribution is -0.124. The van der Waals surface area contributed by atoms with Crippen LogP contribution in [0, 0.1) is 0 Å². The average Bonchev–Trinajstić information content (AvgIpc) is 3.43. The average molecular weight is 497 g/mol. The van der Waals surface area contributed by atoms with Crippen LogP contribution in [0.1, 0.15) is 35.2 Å². The molecule has 1 saturated heterocycles. The van der Waals surface area contributed by atoms with Gasteiger partial charge in [0, 0.05) is 31.5 Å². The molecule has 2 heterocycles. The van der Waals surface area contributed by atoms with Crippen molar-refractivity contribution in [2.24, 2.45) is 0 Å². The summed E-state index contributed by atoms with van der Waals surface area (Å²) < 4.78 is 15.7. The molecule has 0 atom stereocenters.